The first kappa shape index (κ1) is 11.3. The van der Waals surface area contributed by atoms with Gasteiger partial charge >= 0.3 is 0 Å². The number of nitriles is 1. The third-order valence-electron chi connectivity index (χ3n) is 2.80. The monoisotopic (exact) mass is 192 g/mol. The van der Waals surface area contributed by atoms with Gasteiger partial charge in [0.1, 0.15) is 0 Å². The van der Waals surface area contributed by atoms with Crippen molar-refractivity contribution in [3.8, 4) is 6.07 Å². The lowest BCUT2D eigenvalue weighted by molar-refractivity contribution is 0.173. The Morgan fingerprint density at radius 3 is 2.86 bits per heavy atom. The van der Waals surface area contributed by atoms with Crippen LogP contribution in [0.2, 0.25) is 0 Å². The van der Waals surface area contributed by atoms with Crippen LogP contribution >= 0.6 is 0 Å². The van der Waals surface area contributed by atoms with E-state index in [1.54, 1.807) is 0 Å². The minimum absolute atomic E-state index is 0.538. The van der Waals surface area contributed by atoms with E-state index in [1.165, 1.54) is 19.3 Å². The van der Waals surface area contributed by atoms with E-state index in [0.29, 0.717) is 18.5 Å². The third kappa shape index (κ3) is 3.16. The molecule has 0 spiro atoms. The molecule has 0 radical (unpaired) electrons. The Kier molecular flexibility index (Phi) is 4.69. The van der Waals surface area contributed by atoms with Crippen molar-refractivity contribution in [2.24, 2.45) is 0 Å². The van der Waals surface area contributed by atoms with E-state index < -0.39 is 0 Å². The van der Waals surface area contributed by atoms with Gasteiger partial charge in [0, 0.05) is 25.0 Å². The molecule has 0 heterocycles. The maximum atomic E-state index is 8.60. The van der Waals surface area contributed by atoms with E-state index in [2.05, 4.69) is 37.0 Å². The van der Waals surface area contributed by atoms with Crippen LogP contribution in [0.25, 0.3) is 0 Å². The molecule has 0 saturated carbocycles. The molecule has 0 aromatic rings. The summed E-state index contributed by atoms with van der Waals surface area (Å²) >= 11 is 0. The first-order valence-corrected chi connectivity index (χ1v) is 5.55. The highest BCUT2D eigenvalue weighted by Gasteiger charge is 2.19. The number of nitrogens with zero attached hydrogens (tertiary/aromatic N) is 2. The summed E-state index contributed by atoms with van der Waals surface area (Å²) in [4.78, 5) is 2.43. The molecule has 2 heteroatoms. The first-order chi connectivity index (χ1) is 6.75. The fraction of sp³-hybridized carbons (Fsp3) is 0.750. The van der Waals surface area contributed by atoms with Crippen LogP contribution in [0.5, 0.6) is 0 Å². The molecule has 0 amide bonds. The maximum absolute atomic E-state index is 8.60. The Bertz CT molecular complexity index is 225. The van der Waals surface area contributed by atoms with Crippen LogP contribution in [-0.2, 0) is 0 Å². The molecule has 1 rings (SSSR count). The van der Waals surface area contributed by atoms with Gasteiger partial charge in [0.15, 0.2) is 0 Å². The standard InChI is InChI=1S/C12H20N2/c1-11(2)14(10-6-9-13)12-7-4-3-5-8-12/h4,7,11-12H,3,5-6,8,10H2,1-2H3. The summed E-state index contributed by atoms with van der Waals surface area (Å²) in [5.74, 6) is 0. The number of rotatable bonds is 4. The van der Waals surface area contributed by atoms with Gasteiger partial charge in [-0.15, -0.1) is 0 Å². The van der Waals surface area contributed by atoms with Gasteiger partial charge < -0.3 is 0 Å². The second-order valence-electron chi connectivity index (χ2n) is 4.17. The molecule has 0 aromatic carbocycles. The zero-order valence-electron chi connectivity index (χ0n) is 9.24. The number of hydrogen-bond acceptors (Lipinski definition) is 2. The van der Waals surface area contributed by atoms with E-state index in [1.807, 2.05) is 0 Å². The van der Waals surface area contributed by atoms with Crippen molar-refractivity contribution < 1.29 is 0 Å². The highest BCUT2D eigenvalue weighted by molar-refractivity contribution is 4.99. The second kappa shape index (κ2) is 5.82. The highest BCUT2D eigenvalue weighted by Crippen LogP contribution is 2.18. The fourth-order valence-corrected chi connectivity index (χ4v) is 2.06. The van der Waals surface area contributed by atoms with Gasteiger partial charge in [-0.2, -0.15) is 5.26 Å². The summed E-state index contributed by atoms with van der Waals surface area (Å²) in [6.45, 7) is 5.32. The molecule has 14 heavy (non-hydrogen) atoms. The van der Waals surface area contributed by atoms with Gasteiger partial charge in [-0.05, 0) is 33.1 Å². The molecule has 1 atom stereocenters. The van der Waals surface area contributed by atoms with E-state index in [4.69, 9.17) is 5.26 Å². The number of allylic oxidation sites excluding steroid dienone is 1. The molecule has 1 aliphatic carbocycles. The molecular weight excluding hydrogens is 172 g/mol. The molecule has 78 valence electrons. The molecule has 0 saturated heterocycles. The topological polar surface area (TPSA) is 27.0 Å². The molecule has 1 aliphatic rings. The van der Waals surface area contributed by atoms with Crippen LogP contribution in [0.4, 0.5) is 0 Å². The maximum Gasteiger partial charge on any atom is 0.0635 e. The summed E-state index contributed by atoms with van der Waals surface area (Å²) in [7, 11) is 0. The highest BCUT2D eigenvalue weighted by atomic mass is 15.2. The summed E-state index contributed by atoms with van der Waals surface area (Å²) in [5.41, 5.74) is 0. The van der Waals surface area contributed by atoms with Crippen LogP contribution in [-0.4, -0.2) is 23.5 Å². The zero-order valence-corrected chi connectivity index (χ0v) is 9.24. The first-order valence-electron chi connectivity index (χ1n) is 5.55. The van der Waals surface area contributed by atoms with E-state index in [-0.39, 0.29) is 0 Å². The SMILES string of the molecule is CC(C)N(CCC#N)C1C=CCCC1. The summed E-state index contributed by atoms with van der Waals surface area (Å²) in [5, 5.41) is 8.60. The Morgan fingerprint density at radius 1 is 1.57 bits per heavy atom. The van der Waals surface area contributed by atoms with Gasteiger partial charge in [0.05, 0.1) is 6.07 Å². The third-order valence-corrected chi connectivity index (χ3v) is 2.80. The van der Waals surface area contributed by atoms with Crippen LogP contribution in [0.3, 0.4) is 0 Å². The quantitative estimate of drug-likeness (QED) is 0.640. The summed E-state index contributed by atoms with van der Waals surface area (Å²) in [6.07, 6.45) is 8.98. The Labute approximate surface area is 87.2 Å². The van der Waals surface area contributed by atoms with Crippen molar-refractivity contribution in [3.63, 3.8) is 0 Å². The lowest BCUT2D eigenvalue weighted by atomic mass is 10.00. The Hall–Kier alpha value is -0.810. The van der Waals surface area contributed by atoms with E-state index >= 15 is 0 Å². The number of hydrogen-bond donors (Lipinski definition) is 0. The molecule has 1 unspecified atom stereocenters. The van der Waals surface area contributed by atoms with Gasteiger partial charge in [-0.1, -0.05) is 12.2 Å². The molecular formula is C12H20N2. The zero-order chi connectivity index (χ0) is 10.4. The minimum Gasteiger partial charge on any atom is -0.294 e. The predicted octanol–water partition coefficient (Wildman–Crippen LogP) is 2.72. The van der Waals surface area contributed by atoms with Crippen LogP contribution in [0.1, 0.15) is 39.5 Å². The molecule has 0 aliphatic heterocycles. The summed E-state index contributed by atoms with van der Waals surface area (Å²) < 4.78 is 0. The molecule has 0 bridgehead atoms. The minimum atomic E-state index is 0.538. The van der Waals surface area contributed by atoms with Crippen molar-refractivity contribution >= 4 is 0 Å². The lowest BCUT2D eigenvalue weighted by Gasteiger charge is -2.34. The Balaban J connectivity index is 2.52. The van der Waals surface area contributed by atoms with Gasteiger partial charge in [0.2, 0.25) is 0 Å². The predicted molar refractivity (Wildman–Crippen MR) is 58.9 cm³/mol. The van der Waals surface area contributed by atoms with Crippen LogP contribution in [0.15, 0.2) is 12.2 Å². The van der Waals surface area contributed by atoms with Gasteiger partial charge in [0.25, 0.3) is 0 Å². The average molecular weight is 192 g/mol. The van der Waals surface area contributed by atoms with Crippen LogP contribution in [0, 0.1) is 11.3 Å². The molecule has 0 N–H and O–H groups in total. The largest absolute Gasteiger partial charge is 0.294 e. The van der Waals surface area contributed by atoms with Crippen molar-refractivity contribution in [1.82, 2.24) is 4.90 Å². The lowest BCUT2D eigenvalue weighted by Crippen LogP contribution is -2.40. The fourth-order valence-electron chi connectivity index (χ4n) is 2.06. The van der Waals surface area contributed by atoms with E-state index in [0.717, 1.165) is 6.54 Å². The van der Waals surface area contributed by atoms with Gasteiger partial charge in [-0.25, -0.2) is 0 Å². The normalized spacial score (nSPS) is 21.5. The van der Waals surface area contributed by atoms with Crippen molar-refractivity contribution in [2.75, 3.05) is 6.54 Å². The average Bonchev–Trinajstić information content (AvgIpc) is 2.19. The van der Waals surface area contributed by atoms with Crippen LogP contribution < -0.4 is 0 Å². The van der Waals surface area contributed by atoms with Crippen molar-refractivity contribution in [3.05, 3.63) is 12.2 Å². The Morgan fingerprint density at radius 2 is 2.36 bits per heavy atom. The second-order valence-corrected chi connectivity index (χ2v) is 4.17. The van der Waals surface area contributed by atoms with Gasteiger partial charge in [-0.3, -0.25) is 4.90 Å². The molecule has 2 nitrogen and oxygen atoms in total. The van der Waals surface area contributed by atoms with Crippen molar-refractivity contribution in [1.29, 1.82) is 5.26 Å². The smallest absolute Gasteiger partial charge is 0.0635 e. The van der Waals surface area contributed by atoms with E-state index in [9.17, 15) is 0 Å². The molecule has 0 aromatic heterocycles. The summed E-state index contributed by atoms with van der Waals surface area (Å²) in [6, 6.07) is 3.33. The van der Waals surface area contributed by atoms with Crippen molar-refractivity contribution in [2.45, 2.75) is 51.6 Å². The molecule has 0 fully saturated rings.